The van der Waals surface area contributed by atoms with Crippen LogP contribution in [-0.4, -0.2) is 41.5 Å². The van der Waals surface area contributed by atoms with E-state index in [1.54, 1.807) is 42.6 Å². The Morgan fingerprint density at radius 2 is 1.60 bits per heavy atom. The van der Waals surface area contributed by atoms with Crippen LogP contribution in [0.25, 0.3) is 6.08 Å². The lowest BCUT2D eigenvalue weighted by atomic mass is 10.0. The number of aromatic nitrogens is 1. The van der Waals surface area contributed by atoms with Crippen molar-refractivity contribution in [2.75, 3.05) is 25.0 Å². The number of aryl methyl sites for hydroxylation is 2. The molecule has 270 valence electrons. The predicted octanol–water partition coefficient (Wildman–Crippen LogP) is 10.0. The number of hydrogen-bond donors (Lipinski definition) is 1. The molecule has 1 amide bonds. The Kier molecular flexibility index (Phi) is 13.5. The lowest BCUT2D eigenvalue weighted by Crippen LogP contribution is -2.41. The van der Waals surface area contributed by atoms with Crippen LogP contribution in [-0.2, 0) is 17.8 Å². The summed E-state index contributed by atoms with van der Waals surface area (Å²) >= 11 is 6.62. The highest BCUT2D eigenvalue weighted by Gasteiger charge is 2.21. The Labute approximate surface area is 315 Å². The molecule has 1 aromatic heterocycles. The topological polar surface area (TPSA) is 72.9 Å². The number of ether oxygens (including phenoxy) is 3. The summed E-state index contributed by atoms with van der Waals surface area (Å²) in [4.78, 5) is 19.3. The first-order valence-corrected chi connectivity index (χ1v) is 17.5. The molecule has 1 N–H and O–H groups in total. The van der Waals surface area contributed by atoms with Crippen LogP contribution in [0.2, 0.25) is 5.02 Å². The van der Waals surface area contributed by atoms with E-state index in [2.05, 4.69) is 53.6 Å². The van der Waals surface area contributed by atoms with E-state index < -0.39 is 0 Å². The monoisotopic (exact) mass is 741 g/mol. The number of rotatable bonds is 13. The quantitative estimate of drug-likeness (QED) is 0.121. The first-order chi connectivity index (χ1) is 24.8. The maximum absolute atomic E-state index is 13.1. The van der Waals surface area contributed by atoms with Gasteiger partial charge in [-0.3, -0.25) is 4.79 Å². The van der Waals surface area contributed by atoms with Gasteiger partial charge in [0, 0.05) is 43.4 Å². The normalized spacial score (nSPS) is 13.0. The maximum Gasteiger partial charge on any atom is 0.246 e. The highest BCUT2D eigenvalue weighted by molar-refractivity contribution is 6.32. The number of likely N-dealkylation sites (tertiary alicyclic amines) is 1. The molecular weight excluding hydrogens is 700 g/mol. The van der Waals surface area contributed by atoms with E-state index >= 15 is 0 Å². The molecule has 0 aliphatic carbocycles. The number of halogens is 3. The molecule has 0 unspecified atom stereocenters. The zero-order valence-corrected chi connectivity index (χ0v) is 30.8. The van der Waals surface area contributed by atoms with Gasteiger partial charge in [0.2, 0.25) is 11.8 Å². The SMILES string of the molecule is Cc1ccc(COc2ccc(Oc3c(C)cc(C=CC(=O)N4CCC(Nc5ccc(CCOc6ccc(F)cc6)cc5)CC4)cc3Cl)nc2)cc1.Cl. The fourth-order valence-electron chi connectivity index (χ4n) is 5.79. The molecular formula is C42H42Cl2FN3O4. The van der Waals surface area contributed by atoms with Crippen LogP contribution in [0.3, 0.4) is 0 Å². The van der Waals surface area contributed by atoms with Crippen LogP contribution < -0.4 is 19.5 Å². The van der Waals surface area contributed by atoms with Crippen LogP contribution in [0.4, 0.5) is 10.1 Å². The van der Waals surface area contributed by atoms with Crippen LogP contribution in [0.1, 0.15) is 40.7 Å². The number of carbonyl (C=O) groups is 1. The van der Waals surface area contributed by atoms with Crippen molar-refractivity contribution in [1.82, 2.24) is 9.88 Å². The molecule has 1 aliphatic rings. The standard InChI is InChI=1S/C42H41ClFN3O4.ClH/c1-29-3-5-32(6-4-29)28-50-38-16-17-40(45-27-38)51-42-30(2)25-33(26-39(42)43)9-18-41(48)47-22-19-36(20-23-47)46-35-12-7-31(8-13-35)21-24-49-37-14-10-34(44)11-15-37;/h3-18,25-27,36,46H,19-24,28H2,1-2H3;1H. The molecule has 0 spiro atoms. The number of anilines is 1. The molecule has 0 radical (unpaired) electrons. The second kappa shape index (κ2) is 18.4. The van der Waals surface area contributed by atoms with Gasteiger partial charge in [0.25, 0.3) is 0 Å². The predicted molar refractivity (Wildman–Crippen MR) is 208 cm³/mol. The molecule has 0 bridgehead atoms. The van der Waals surface area contributed by atoms with Gasteiger partial charge in [-0.15, -0.1) is 12.4 Å². The van der Waals surface area contributed by atoms with Crippen molar-refractivity contribution >= 4 is 41.7 Å². The molecule has 1 saturated heterocycles. The first-order valence-electron chi connectivity index (χ1n) is 17.1. The number of piperidine rings is 1. The van der Waals surface area contributed by atoms with Crippen LogP contribution in [0.15, 0.2) is 109 Å². The molecule has 10 heteroatoms. The van der Waals surface area contributed by atoms with Crippen LogP contribution in [0, 0.1) is 19.7 Å². The third-order valence-corrected chi connectivity index (χ3v) is 9.00. The van der Waals surface area contributed by atoms with Gasteiger partial charge in [0.05, 0.1) is 17.8 Å². The largest absolute Gasteiger partial charge is 0.493 e. The molecule has 6 rings (SSSR count). The average molecular weight is 743 g/mol. The summed E-state index contributed by atoms with van der Waals surface area (Å²) in [6.45, 7) is 6.29. The Bertz CT molecular complexity index is 1910. The second-order valence-corrected chi connectivity index (χ2v) is 13.1. The minimum absolute atomic E-state index is 0. The fourth-order valence-corrected chi connectivity index (χ4v) is 6.10. The van der Waals surface area contributed by atoms with E-state index in [1.807, 2.05) is 36.1 Å². The summed E-state index contributed by atoms with van der Waals surface area (Å²) in [5.41, 5.74) is 6.15. The zero-order valence-electron chi connectivity index (χ0n) is 29.2. The number of hydrogen-bond acceptors (Lipinski definition) is 6. The number of nitrogens with zero attached hydrogens (tertiary/aromatic N) is 2. The number of pyridine rings is 1. The van der Waals surface area contributed by atoms with Gasteiger partial charge in [-0.25, -0.2) is 9.37 Å². The van der Waals surface area contributed by atoms with Gasteiger partial charge in [0.1, 0.15) is 23.9 Å². The summed E-state index contributed by atoms with van der Waals surface area (Å²) in [7, 11) is 0. The van der Waals surface area contributed by atoms with E-state index in [-0.39, 0.29) is 30.2 Å². The zero-order chi connectivity index (χ0) is 35.6. The van der Waals surface area contributed by atoms with Crippen molar-refractivity contribution in [2.45, 2.75) is 45.8 Å². The van der Waals surface area contributed by atoms with Gasteiger partial charge < -0.3 is 24.4 Å². The lowest BCUT2D eigenvalue weighted by molar-refractivity contribution is -0.126. The second-order valence-electron chi connectivity index (χ2n) is 12.7. The van der Waals surface area contributed by atoms with Crippen molar-refractivity contribution < 1.29 is 23.4 Å². The molecule has 1 fully saturated rings. The molecule has 5 aromatic rings. The summed E-state index contributed by atoms with van der Waals surface area (Å²) < 4.78 is 30.6. The number of benzene rings is 4. The van der Waals surface area contributed by atoms with E-state index in [4.69, 9.17) is 25.8 Å². The highest BCUT2D eigenvalue weighted by atomic mass is 35.5. The third-order valence-electron chi connectivity index (χ3n) is 8.72. The molecule has 2 heterocycles. The van der Waals surface area contributed by atoms with Crippen molar-refractivity contribution in [3.8, 4) is 23.1 Å². The third kappa shape index (κ3) is 11.0. The Hall–Kier alpha value is -5.05. The fraction of sp³-hybridized carbons (Fsp3) is 0.238. The number of nitrogens with one attached hydrogen (secondary N) is 1. The minimum Gasteiger partial charge on any atom is -0.493 e. The average Bonchev–Trinajstić information content (AvgIpc) is 3.14. The summed E-state index contributed by atoms with van der Waals surface area (Å²) in [5.74, 6) is 1.92. The van der Waals surface area contributed by atoms with Gasteiger partial charge >= 0.3 is 0 Å². The summed E-state index contributed by atoms with van der Waals surface area (Å²) in [6.07, 6.45) is 7.50. The molecule has 0 saturated carbocycles. The van der Waals surface area contributed by atoms with Gasteiger partial charge in [0.15, 0.2) is 5.75 Å². The highest BCUT2D eigenvalue weighted by Crippen LogP contribution is 2.34. The van der Waals surface area contributed by atoms with Gasteiger partial charge in [-0.2, -0.15) is 0 Å². The molecule has 7 nitrogen and oxygen atoms in total. The van der Waals surface area contributed by atoms with Crippen LogP contribution >= 0.6 is 24.0 Å². The molecule has 4 aromatic carbocycles. The van der Waals surface area contributed by atoms with Crippen molar-refractivity contribution in [2.24, 2.45) is 0 Å². The van der Waals surface area contributed by atoms with Crippen LogP contribution in [0.5, 0.6) is 23.1 Å². The molecule has 0 atom stereocenters. The van der Waals surface area contributed by atoms with Gasteiger partial charge in [-0.1, -0.05) is 53.6 Å². The Morgan fingerprint density at radius 1 is 0.904 bits per heavy atom. The van der Waals surface area contributed by atoms with Gasteiger partial charge in [-0.05, 0) is 110 Å². The van der Waals surface area contributed by atoms with Crippen molar-refractivity contribution in [3.05, 3.63) is 148 Å². The van der Waals surface area contributed by atoms with E-state index in [0.717, 1.165) is 47.2 Å². The van der Waals surface area contributed by atoms with Crippen molar-refractivity contribution in [1.29, 1.82) is 0 Å². The van der Waals surface area contributed by atoms with E-state index in [9.17, 15) is 9.18 Å². The number of amides is 1. The molecule has 1 aliphatic heterocycles. The smallest absolute Gasteiger partial charge is 0.246 e. The minimum atomic E-state index is -0.275. The number of carbonyl (C=O) groups excluding carboxylic acids is 1. The summed E-state index contributed by atoms with van der Waals surface area (Å²) in [5, 5.41) is 4.04. The lowest BCUT2D eigenvalue weighted by Gasteiger charge is -2.32. The van der Waals surface area contributed by atoms with E-state index in [0.29, 0.717) is 54.5 Å². The Balaban J connectivity index is 0.00000523. The summed E-state index contributed by atoms with van der Waals surface area (Å²) in [6, 6.07) is 30.2. The van der Waals surface area contributed by atoms with E-state index in [1.165, 1.54) is 17.7 Å². The van der Waals surface area contributed by atoms with Crippen molar-refractivity contribution in [3.63, 3.8) is 0 Å². The maximum atomic E-state index is 13.1. The first kappa shape index (κ1) is 38.2. The molecule has 52 heavy (non-hydrogen) atoms. The Morgan fingerprint density at radius 3 is 2.27 bits per heavy atom.